The van der Waals surface area contributed by atoms with Crippen LogP contribution in [0.15, 0.2) is 60.7 Å². The van der Waals surface area contributed by atoms with Crippen molar-refractivity contribution in [3.63, 3.8) is 0 Å². The van der Waals surface area contributed by atoms with Crippen molar-refractivity contribution in [2.24, 2.45) is 0 Å². The molecule has 0 spiro atoms. The molecule has 0 amide bonds. The quantitative estimate of drug-likeness (QED) is 0.789. The largest absolute Gasteiger partial charge is 0.439 e. The average molecular weight is 303 g/mol. The molecule has 1 aromatic heterocycles. The van der Waals surface area contributed by atoms with Crippen molar-refractivity contribution in [3.05, 3.63) is 77.5 Å². The molecule has 0 aliphatic carbocycles. The molecule has 0 aliphatic rings. The van der Waals surface area contributed by atoms with E-state index in [1.807, 2.05) is 66.1 Å². The number of nitrogens with zero attached hydrogens (tertiary/aromatic N) is 2. The maximum Gasteiger partial charge on any atom is 0.224 e. The van der Waals surface area contributed by atoms with Crippen LogP contribution in [-0.2, 0) is 6.54 Å². The number of nitrogens with two attached hydrogens (primary N) is 1. The van der Waals surface area contributed by atoms with Gasteiger partial charge in [-0.05, 0) is 30.2 Å². The van der Waals surface area contributed by atoms with E-state index < -0.39 is 0 Å². The van der Waals surface area contributed by atoms with Gasteiger partial charge < -0.3 is 10.5 Å². The van der Waals surface area contributed by atoms with Gasteiger partial charge in [0.25, 0.3) is 0 Å². The third-order valence-electron chi connectivity index (χ3n) is 3.74. The maximum atomic E-state index is 9.39. The third-order valence-corrected chi connectivity index (χ3v) is 3.74. The molecule has 0 radical (unpaired) electrons. The van der Waals surface area contributed by atoms with Gasteiger partial charge in [-0.15, -0.1) is 0 Å². The lowest BCUT2D eigenvalue weighted by Crippen LogP contribution is -2.06. The van der Waals surface area contributed by atoms with E-state index >= 15 is 0 Å². The molecule has 3 rings (SSSR count). The molecule has 0 saturated heterocycles. The van der Waals surface area contributed by atoms with Gasteiger partial charge in [-0.25, -0.2) is 0 Å². The first kappa shape index (κ1) is 14.7. The second-order valence-corrected chi connectivity index (χ2v) is 5.33. The van der Waals surface area contributed by atoms with Crippen LogP contribution in [-0.4, -0.2) is 4.57 Å². The smallest absolute Gasteiger partial charge is 0.224 e. The van der Waals surface area contributed by atoms with Crippen molar-refractivity contribution in [1.29, 1.82) is 5.26 Å². The third kappa shape index (κ3) is 3.04. The molecule has 114 valence electrons. The highest BCUT2D eigenvalue weighted by Crippen LogP contribution is 2.32. The van der Waals surface area contributed by atoms with E-state index in [0.717, 1.165) is 11.1 Å². The Balaban J connectivity index is 2.01. The summed E-state index contributed by atoms with van der Waals surface area (Å²) in [6, 6.07) is 21.3. The summed E-state index contributed by atoms with van der Waals surface area (Å²) in [5, 5.41) is 9.39. The molecule has 3 aromatic rings. The minimum atomic E-state index is 0.457. The molecule has 0 aliphatic heterocycles. The van der Waals surface area contributed by atoms with E-state index in [1.54, 1.807) is 6.07 Å². The Kier molecular flexibility index (Phi) is 4.03. The lowest BCUT2D eigenvalue weighted by molar-refractivity contribution is 0.437. The van der Waals surface area contributed by atoms with Crippen molar-refractivity contribution < 1.29 is 4.74 Å². The first-order chi connectivity index (χ1) is 11.2. The highest BCUT2D eigenvalue weighted by molar-refractivity contribution is 5.56. The van der Waals surface area contributed by atoms with E-state index in [9.17, 15) is 5.26 Å². The van der Waals surface area contributed by atoms with Crippen LogP contribution in [0.4, 0.5) is 5.69 Å². The van der Waals surface area contributed by atoms with Crippen LogP contribution in [0.25, 0.3) is 0 Å². The first-order valence-electron chi connectivity index (χ1n) is 7.35. The van der Waals surface area contributed by atoms with Crippen LogP contribution < -0.4 is 10.5 Å². The van der Waals surface area contributed by atoms with Crippen LogP contribution in [0.3, 0.4) is 0 Å². The lowest BCUT2D eigenvalue weighted by atomic mass is 10.1. The van der Waals surface area contributed by atoms with Crippen molar-refractivity contribution in [1.82, 2.24) is 4.57 Å². The number of nitriles is 1. The molecule has 0 saturated carbocycles. The number of aromatic nitrogens is 1. The topological polar surface area (TPSA) is 64.0 Å². The Morgan fingerprint density at radius 2 is 1.78 bits per heavy atom. The molecule has 2 N–H and O–H groups in total. The van der Waals surface area contributed by atoms with Crippen LogP contribution in [0.2, 0.25) is 0 Å². The number of aryl methyl sites for hydroxylation is 1. The average Bonchev–Trinajstić information content (AvgIpc) is 2.86. The summed E-state index contributed by atoms with van der Waals surface area (Å²) < 4.78 is 7.73. The number of para-hydroxylation sites is 1. The number of nitrogen functional groups attached to an aromatic ring is 1. The molecule has 4 nitrogen and oxygen atoms in total. The zero-order valence-electron chi connectivity index (χ0n) is 12.9. The molecule has 0 atom stereocenters. The predicted molar refractivity (Wildman–Crippen MR) is 90.4 cm³/mol. The fraction of sp³-hybridized carbons (Fsp3) is 0.105. The molecule has 4 heteroatoms. The van der Waals surface area contributed by atoms with E-state index in [4.69, 9.17) is 10.5 Å². The maximum absolute atomic E-state index is 9.39. The van der Waals surface area contributed by atoms with Crippen LogP contribution in [0.5, 0.6) is 11.6 Å². The highest BCUT2D eigenvalue weighted by Gasteiger charge is 2.16. The minimum absolute atomic E-state index is 0.457. The van der Waals surface area contributed by atoms with E-state index in [0.29, 0.717) is 29.6 Å². The van der Waals surface area contributed by atoms with Gasteiger partial charge in [0, 0.05) is 6.07 Å². The van der Waals surface area contributed by atoms with E-state index in [-0.39, 0.29) is 0 Å². The minimum Gasteiger partial charge on any atom is -0.439 e. The normalized spacial score (nSPS) is 10.3. The fourth-order valence-corrected chi connectivity index (χ4v) is 2.47. The molecule has 2 aromatic carbocycles. The first-order valence-corrected chi connectivity index (χ1v) is 7.35. The molecule has 1 heterocycles. The molecular weight excluding hydrogens is 286 g/mol. The van der Waals surface area contributed by atoms with Gasteiger partial charge in [0.05, 0.1) is 12.2 Å². The molecule has 23 heavy (non-hydrogen) atoms. The molecule has 0 fully saturated rings. The SMILES string of the molecule is Cc1ccccc1Cn1c(C#N)cc(N)c1Oc1ccccc1. The van der Waals surface area contributed by atoms with Crippen molar-refractivity contribution in [3.8, 4) is 17.7 Å². The summed E-state index contributed by atoms with van der Waals surface area (Å²) in [6.45, 7) is 2.58. The van der Waals surface area contributed by atoms with Crippen LogP contribution in [0, 0.1) is 18.3 Å². The number of rotatable bonds is 4. The van der Waals surface area contributed by atoms with Crippen LogP contribution in [0.1, 0.15) is 16.8 Å². The summed E-state index contributed by atoms with van der Waals surface area (Å²) in [6.07, 6.45) is 0. The summed E-state index contributed by atoms with van der Waals surface area (Å²) in [7, 11) is 0. The van der Waals surface area contributed by atoms with Gasteiger partial charge in [-0.1, -0.05) is 42.5 Å². The number of benzene rings is 2. The summed E-state index contributed by atoms with van der Waals surface area (Å²) in [5.74, 6) is 1.18. The van der Waals surface area contributed by atoms with Gasteiger partial charge in [0.15, 0.2) is 0 Å². The highest BCUT2D eigenvalue weighted by atomic mass is 16.5. The molecular formula is C19H17N3O. The Hall–Kier alpha value is -3.19. The zero-order chi connectivity index (χ0) is 16.2. The second kappa shape index (κ2) is 6.29. The fourth-order valence-electron chi connectivity index (χ4n) is 2.47. The van der Waals surface area contributed by atoms with E-state index in [2.05, 4.69) is 6.07 Å². The Morgan fingerprint density at radius 1 is 1.09 bits per heavy atom. The Bertz CT molecular complexity index is 860. The van der Waals surface area contributed by atoms with Gasteiger partial charge in [-0.3, -0.25) is 4.57 Å². The second-order valence-electron chi connectivity index (χ2n) is 5.33. The number of hydrogen-bond acceptors (Lipinski definition) is 3. The number of anilines is 1. The van der Waals surface area contributed by atoms with E-state index in [1.165, 1.54) is 0 Å². The van der Waals surface area contributed by atoms with Gasteiger partial charge in [0.2, 0.25) is 5.88 Å². The van der Waals surface area contributed by atoms with Crippen LogP contribution >= 0.6 is 0 Å². The van der Waals surface area contributed by atoms with Gasteiger partial charge in [-0.2, -0.15) is 5.26 Å². The monoisotopic (exact) mass is 303 g/mol. The zero-order valence-corrected chi connectivity index (χ0v) is 12.9. The Labute approximate surface area is 135 Å². The summed E-state index contributed by atoms with van der Waals surface area (Å²) >= 11 is 0. The van der Waals surface area contributed by atoms with Gasteiger partial charge >= 0.3 is 0 Å². The lowest BCUT2D eigenvalue weighted by Gasteiger charge is -2.13. The van der Waals surface area contributed by atoms with Gasteiger partial charge in [0.1, 0.15) is 17.5 Å². The van der Waals surface area contributed by atoms with Crippen molar-refractivity contribution >= 4 is 5.69 Å². The van der Waals surface area contributed by atoms with Crippen molar-refractivity contribution in [2.45, 2.75) is 13.5 Å². The summed E-state index contributed by atoms with van der Waals surface area (Å²) in [4.78, 5) is 0. The molecule has 0 bridgehead atoms. The standard InChI is InChI=1S/C19H17N3O/c1-14-7-5-6-8-15(14)13-22-16(12-20)11-18(21)19(22)23-17-9-3-2-4-10-17/h2-11H,13,21H2,1H3. The summed E-state index contributed by atoms with van der Waals surface area (Å²) in [5.41, 5.74) is 9.28. The number of ether oxygens (including phenoxy) is 1. The predicted octanol–water partition coefficient (Wildman–Crippen LogP) is 4.09. The number of hydrogen-bond donors (Lipinski definition) is 1. The Morgan fingerprint density at radius 3 is 2.48 bits per heavy atom. The molecule has 0 unspecified atom stereocenters. The van der Waals surface area contributed by atoms with Crippen molar-refractivity contribution in [2.75, 3.05) is 5.73 Å².